The molecule has 0 atom stereocenters. The number of hydrogen-bond donors (Lipinski definition) is 1. The molecule has 0 unspecified atom stereocenters. The van der Waals surface area contributed by atoms with E-state index < -0.39 is 17.6 Å². The van der Waals surface area contributed by atoms with Crippen molar-refractivity contribution in [1.82, 2.24) is 4.57 Å². The summed E-state index contributed by atoms with van der Waals surface area (Å²) >= 11 is 0. The average molecular weight is 434 g/mol. The predicted molar refractivity (Wildman–Crippen MR) is 116 cm³/mol. The van der Waals surface area contributed by atoms with Gasteiger partial charge in [0.15, 0.2) is 5.58 Å². The van der Waals surface area contributed by atoms with Gasteiger partial charge in [-0.15, -0.1) is 0 Å². The van der Waals surface area contributed by atoms with Gasteiger partial charge in [0.2, 0.25) is 0 Å². The van der Waals surface area contributed by atoms with Gasteiger partial charge < -0.3 is 14.5 Å². The Labute approximate surface area is 182 Å². The highest BCUT2D eigenvalue weighted by atomic mass is 19.1. The number of aromatic nitrogens is 1. The van der Waals surface area contributed by atoms with Gasteiger partial charge in [0.05, 0.1) is 24.2 Å². The summed E-state index contributed by atoms with van der Waals surface area (Å²) < 4.78 is 24.7. The smallest absolute Gasteiger partial charge is 0.420 e. The van der Waals surface area contributed by atoms with Crippen molar-refractivity contribution in [2.45, 2.75) is 13.5 Å². The van der Waals surface area contributed by atoms with Gasteiger partial charge in [0, 0.05) is 11.3 Å². The fourth-order valence-corrected chi connectivity index (χ4v) is 3.23. The Morgan fingerprint density at radius 2 is 1.69 bits per heavy atom. The summed E-state index contributed by atoms with van der Waals surface area (Å²) in [5.74, 6) is -1.77. The maximum absolute atomic E-state index is 13.2. The van der Waals surface area contributed by atoms with Gasteiger partial charge in [-0.25, -0.2) is 14.0 Å². The fourth-order valence-electron chi connectivity index (χ4n) is 3.23. The second kappa shape index (κ2) is 8.89. The lowest BCUT2D eigenvalue weighted by Gasteiger charge is -2.07. The van der Waals surface area contributed by atoms with Crippen molar-refractivity contribution >= 4 is 28.7 Å². The van der Waals surface area contributed by atoms with E-state index in [1.54, 1.807) is 61.5 Å². The molecule has 0 saturated carbocycles. The zero-order chi connectivity index (χ0) is 22.7. The molecule has 0 aliphatic rings. The average Bonchev–Trinajstić information content (AvgIpc) is 3.10. The summed E-state index contributed by atoms with van der Waals surface area (Å²) in [5.41, 5.74) is 2.71. The molecule has 32 heavy (non-hydrogen) atoms. The van der Waals surface area contributed by atoms with Crippen molar-refractivity contribution in [3.05, 3.63) is 99.8 Å². The number of benzene rings is 3. The molecule has 7 nitrogen and oxygen atoms in total. The van der Waals surface area contributed by atoms with Gasteiger partial charge in [-0.1, -0.05) is 12.1 Å². The molecule has 162 valence electrons. The van der Waals surface area contributed by atoms with Crippen LogP contribution < -0.4 is 11.1 Å². The number of fused-ring (bicyclic) bond motifs is 1. The second-order valence-corrected chi connectivity index (χ2v) is 7.02. The molecule has 0 aliphatic heterocycles. The third-order valence-electron chi connectivity index (χ3n) is 4.84. The first-order valence-electron chi connectivity index (χ1n) is 9.91. The summed E-state index contributed by atoms with van der Waals surface area (Å²) in [7, 11) is 0. The summed E-state index contributed by atoms with van der Waals surface area (Å²) in [6.07, 6.45) is 0. The molecule has 0 radical (unpaired) electrons. The van der Waals surface area contributed by atoms with E-state index in [-0.39, 0.29) is 19.0 Å². The Morgan fingerprint density at radius 1 is 1.00 bits per heavy atom. The summed E-state index contributed by atoms with van der Waals surface area (Å²) in [6.45, 7) is 2.18. The van der Waals surface area contributed by atoms with E-state index in [2.05, 4.69) is 5.32 Å². The second-order valence-electron chi connectivity index (χ2n) is 7.02. The number of nitrogens with one attached hydrogen (secondary N) is 1. The predicted octanol–water partition coefficient (Wildman–Crippen LogP) is 4.21. The molecule has 1 heterocycles. The van der Waals surface area contributed by atoms with Crippen molar-refractivity contribution in [2.24, 2.45) is 0 Å². The Bertz CT molecular complexity index is 1340. The Hall–Kier alpha value is -4.20. The highest BCUT2D eigenvalue weighted by molar-refractivity contribution is 6.06. The van der Waals surface area contributed by atoms with Crippen LogP contribution in [0, 0.1) is 5.82 Å². The van der Waals surface area contributed by atoms with E-state index in [4.69, 9.17) is 9.15 Å². The van der Waals surface area contributed by atoms with Gasteiger partial charge in [-0.2, -0.15) is 0 Å². The van der Waals surface area contributed by atoms with Crippen molar-refractivity contribution in [1.29, 1.82) is 0 Å². The van der Waals surface area contributed by atoms with E-state index in [1.165, 1.54) is 16.7 Å². The molecule has 1 amide bonds. The number of amides is 1. The van der Waals surface area contributed by atoms with Crippen LogP contribution in [-0.2, 0) is 11.3 Å². The van der Waals surface area contributed by atoms with Crippen LogP contribution in [0.1, 0.15) is 33.2 Å². The minimum absolute atomic E-state index is 0.173. The molecule has 0 aliphatic carbocycles. The summed E-state index contributed by atoms with van der Waals surface area (Å²) in [4.78, 5) is 36.8. The van der Waals surface area contributed by atoms with E-state index in [0.29, 0.717) is 33.5 Å². The number of carbonyl (C=O) groups is 2. The SMILES string of the molecule is CCOC(=O)c1ccc(NC(=O)c2ccc3oc(=O)n(Cc4ccc(F)cc4)c3c2)cc1. The lowest BCUT2D eigenvalue weighted by Crippen LogP contribution is -2.16. The van der Waals surface area contributed by atoms with E-state index >= 15 is 0 Å². The highest BCUT2D eigenvalue weighted by Crippen LogP contribution is 2.19. The van der Waals surface area contributed by atoms with Crippen LogP contribution in [0.5, 0.6) is 0 Å². The number of esters is 1. The molecule has 0 fully saturated rings. The van der Waals surface area contributed by atoms with E-state index in [0.717, 1.165) is 0 Å². The number of carbonyl (C=O) groups excluding carboxylic acids is 2. The highest BCUT2D eigenvalue weighted by Gasteiger charge is 2.14. The molecule has 4 aromatic rings. The van der Waals surface area contributed by atoms with Gasteiger partial charge in [0.1, 0.15) is 5.82 Å². The zero-order valence-electron chi connectivity index (χ0n) is 17.1. The van der Waals surface area contributed by atoms with Crippen LogP contribution in [0.25, 0.3) is 11.1 Å². The van der Waals surface area contributed by atoms with Gasteiger partial charge in [0.25, 0.3) is 5.91 Å². The summed E-state index contributed by atoms with van der Waals surface area (Å²) in [5, 5.41) is 2.75. The molecule has 3 aromatic carbocycles. The topological polar surface area (TPSA) is 90.5 Å². The van der Waals surface area contributed by atoms with Gasteiger partial charge >= 0.3 is 11.7 Å². The maximum atomic E-state index is 13.2. The third kappa shape index (κ3) is 4.44. The first-order valence-corrected chi connectivity index (χ1v) is 9.91. The monoisotopic (exact) mass is 434 g/mol. The van der Waals surface area contributed by atoms with Crippen LogP contribution in [0.15, 0.2) is 75.9 Å². The number of hydrogen-bond acceptors (Lipinski definition) is 5. The molecule has 1 N–H and O–H groups in total. The number of rotatable bonds is 6. The Kier molecular flexibility index (Phi) is 5.85. The van der Waals surface area contributed by atoms with Crippen molar-refractivity contribution in [3.63, 3.8) is 0 Å². The van der Waals surface area contributed by atoms with Crippen LogP contribution in [0.4, 0.5) is 10.1 Å². The molecule has 4 rings (SSSR count). The van der Waals surface area contributed by atoms with Crippen LogP contribution in [0.3, 0.4) is 0 Å². The largest absolute Gasteiger partial charge is 0.462 e. The summed E-state index contributed by atoms with van der Waals surface area (Å²) in [6, 6.07) is 16.8. The van der Waals surface area contributed by atoms with Crippen molar-refractivity contribution in [3.8, 4) is 0 Å². The lowest BCUT2D eigenvalue weighted by atomic mass is 10.1. The molecular formula is C24H19FN2O5. The number of halogens is 1. The van der Waals surface area contributed by atoms with Crippen molar-refractivity contribution in [2.75, 3.05) is 11.9 Å². The Balaban J connectivity index is 1.56. The number of ether oxygens (including phenoxy) is 1. The standard InChI is InChI=1S/C24H19FN2O5/c1-2-31-23(29)16-5-10-19(11-6-16)26-22(28)17-7-12-21-20(13-17)27(24(30)32-21)14-15-3-8-18(25)9-4-15/h3-13H,2,14H2,1H3,(H,26,28). The lowest BCUT2D eigenvalue weighted by molar-refractivity contribution is 0.0526. The number of oxazole rings is 1. The molecule has 0 saturated heterocycles. The molecular weight excluding hydrogens is 415 g/mol. The van der Waals surface area contributed by atoms with Crippen LogP contribution in [-0.4, -0.2) is 23.1 Å². The van der Waals surface area contributed by atoms with E-state index in [1.807, 2.05) is 0 Å². The van der Waals surface area contributed by atoms with E-state index in [9.17, 15) is 18.8 Å². The molecule has 8 heteroatoms. The number of nitrogens with zero attached hydrogens (tertiary/aromatic N) is 1. The minimum atomic E-state index is -0.573. The first kappa shape index (κ1) is 21.0. The molecule has 1 aromatic heterocycles. The minimum Gasteiger partial charge on any atom is -0.462 e. The zero-order valence-corrected chi connectivity index (χ0v) is 17.1. The normalized spacial score (nSPS) is 10.8. The first-order chi connectivity index (χ1) is 15.4. The quantitative estimate of drug-likeness (QED) is 0.459. The molecule has 0 bridgehead atoms. The third-order valence-corrected chi connectivity index (χ3v) is 4.84. The van der Waals surface area contributed by atoms with Crippen LogP contribution >= 0.6 is 0 Å². The maximum Gasteiger partial charge on any atom is 0.420 e. The Morgan fingerprint density at radius 3 is 2.38 bits per heavy atom. The van der Waals surface area contributed by atoms with Crippen LogP contribution in [0.2, 0.25) is 0 Å². The van der Waals surface area contributed by atoms with Crippen molar-refractivity contribution < 1.29 is 23.1 Å². The fraction of sp³-hybridized carbons (Fsp3) is 0.125. The molecule has 0 spiro atoms. The van der Waals surface area contributed by atoms with Gasteiger partial charge in [-0.3, -0.25) is 9.36 Å². The van der Waals surface area contributed by atoms with Gasteiger partial charge in [-0.05, 0) is 67.1 Å². The number of anilines is 1.